The summed E-state index contributed by atoms with van der Waals surface area (Å²) in [5.74, 6) is 0.932. The smallest absolute Gasteiger partial charge is 0.145 e. The van der Waals surface area contributed by atoms with E-state index in [4.69, 9.17) is 5.73 Å². The molecule has 4 N–H and O–H groups in total. The molecule has 8 nitrogen and oxygen atoms in total. The zero-order valence-electron chi connectivity index (χ0n) is 16.5. The van der Waals surface area contributed by atoms with Crippen molar-refractivity contribution in [1.82, 2.24) is 23.9 Å². The van der Waals surface area contributed by atoms with Crippen molar-refractivity contribution in [2.45, 2.75) is 43.9 Å². The molecule has 1 spiro atoms. The molecule has 0 unspecified atom stereocenters. The van der Waals surface area contributed by atoms with Gasteiger partial charge in [0.15, 0.2) is 0 Å². The zero-order chi connectivity index (χ0) is 20.5. The predicted octanol–water partition coefficient (Wildman–Crippen LogP) is 1.97. The first kappa shape index (κ1) is 17.9. The summed E-state index contributed by atoms with van der Waals surface area (Å²) < 4.78 is 3.96. The Hall–Kier alpha value is -2.97. The molecule has 2 saturated carbocycles. The molecule has 4 aromatic rings. The van der Waals surface area contributed by atoms with Crippen LogP contribution in [-0.2, 0) is 6.42 Å². The molecule has 3 atom stereocenters. The van der Waals surface area contributed by atoms with Gasteiger partial charge in [-0.15, -0.1) is 0 Å². The number of fused-ring (bicyclic) bond motifs is 2. The maximum absolute atomic E-state index is 10.9. The highest BCUT2D eigenvalue weighted by molar-refractivity contribution is 5.86. The third-order valence-corrected chi connectivity index (χ3v) is 7.24. The molecule has 0 radical (unpaired) electrons. The lowest BCUT2D eigenvalue weighted by atomic mass is 9.58. The summed E-state index contributed by atoms with van der Waals surface area (Å²) in [5, 5.41) is 22.6. The van der Waals surface area contributed by atoms with Gasteiger partial charge in [-0.2, -0.15) is 0 Å². The van der Waals surface area contributed by atoms with Gasteiger partial charge >= 0.3 is 0 Å². The number of aromatic nitrogens is 5. The van der Waals surface area contributed by atoms with E-state index in [1.54, 1.807) is 6.20 Å². The Morgan fingerprint density at radius 3 is 2.80 bits per heavy atom. The van der Waals surface area contributed by atoms with Crippen LogP contribution in [0.5, 0.6) is 0 Å². The van der Waals surface area contributed by atoms with Crippen LogP contribution in [0.15, 0.2) is 49.3 Å². The van der Waals surface area contributed by atoms with Gasteiger partial charge in [0, 0.05) is 30.2 Å². The van der Waals surface area contributed by atoms with E-state index in [0.717, 1.165) is 36.7 Å². The van der Waals surface area contributed by atoms with Gasteiger partial charge in [0.05, 0.1) is 17.5 Å². The van der Waals surface area contributed by atoms with E-state index >= 15 is 0 Å². The third kappa shape index (κ3) is 2.50. The number of pyridine rings is 1. The Labute approximate surface area is 173 Å². The normalized spacial score (nSPS) is 31.0. The van der Waals surface area contributed by atoms with E-state index in [9.17, 15) is 10.2 Å². The van der Waals surface area contributed by atoms with Crippen LogP contribution in [0.3, 0.4) is 0 Å². The van der Waals surface area contributed by atoms with Gasteiger partial charge in [0.2, 0.25) is 0 Å². The monoisotopic (exact) mass is 404 g/mol. The maximum Gasteiger partial charge on any atom is 0.145 e. The van der Waals surface area contributed by atoms with E-state index in [1.807, 2.05) is 33.6 Å². The van der Waals surface area contributed by atoms with Crippen molar-refractivity contribution in [2.75, 3.05) is 5.73 Å². The second kappa shape index (κ2) is 6.26. The zero-order valence-corrected chi connectivity index (χ0v) is 16.5. The summed E-state index contributed by atoms with van der Waals surface area (Å²) in [6.07, 6.45) is 11.1. The summed E-state index contributed by atoms with van der Waals surface area (Å²) in [4.78, 5) is 12.8. The number of aliphatic hydroxyl groups is 2. The molecule has 0 amide bonds. The number of hydrogen-bond donors (Lipinski definition) is 3. The Kier molecular flexibility index (Phi) is 3.73. The van der Waals surface area contributed by atoms with Crippen molar-refractivity contribution in [1.29, 1.82) is 0 Å². The first-order chi connectivity index (χ1) is 14.5. The predicted molar refractivity (Wildman–Crippen MR) is 112 cm³/mol. The third-order valence-electron chi connectivity index (χ3n) is 7.24. The van der Waals surface area contributed by atoms with Gasteiger partial charge < -0.3 is 24.9 Å². The molecule has 4 aromatic heterocycles. The highest BCUT2D eigenvalue weighted by Crippen LogP contribution is 2.60. The number of rotatable bonds is 3. The number of aliphatic hydroxyl groups excluding tert-OH is 2. The topological polar surface area (TPSA) is 114 Å². The fraction of sp³-hybridized carbons (Fsp3) is 0.409. The van der Waals surface area contributed by atoms with Crippen molar-refractivity contribution < 1.29 is 10.2 Å². The molecule has 0 aliphatic heterocycles. The van der Waals surface area contributed by atoms with Crippen LogP contribution in [-0.4, -0.2) is 46.3 Å². The van der Waals surface area contributed by atoms with E-state index in [-0.39, 0.29) is 11.5 Å². The number of imidazole rings is 1. The highest BCUT2D eigenvalue weighted by atomic mass is 16.3. The van der Waals surface area contributed by atoms with Gasteiger partial charge in [0.1, 0.15) is 29.5 Å². The Morgan fingerprint density at radius 2 is 1.93 bits per heavy atom. The van der Waals surface area contributed by atoms with E-state index in [2.05, 4.69) is 27.1 Å². The van der Waals surface area contributed by atoms with Crippen molar-refractivity contribution in [3.63, 3.8) is 0 Å². The molecule has 0 aromatic carbocycles. The minimum absolute atomic E-state index is 0.214. The minimum atomic E-state index is -0.820. The second-order valence-electron chi connectivity index (χ2n) is 8.99. The van der Waals surface area contributed by atoms with Gasteiger partial charge in [-0.1, -0.05) is 0 Å². The van der Waals surface area contributed by atoms with E-state index < -0.39 is 12.2 Å². The van der Waals surface area contributed by atoms with Gasteiger partial charge in [-0.3, -0.25) is 0 Å². The summed E-state index contributed by atoms with van der Waals surface area (Å²) in [5.41, 5.74) is 8.65. The fourth-order valence-electron chi connectivity index (χ4n) is 5.81. The molecule has 154 valence electrons. The second-order valence-corrected chi connectivity index (χ2v) is 8.99. The van der Waals surface area contributed by atoms with Gasteiger partial charge in [-0.25, -0.2) is 15.0 Å². The summed E-state index contributed by atoms with van der Waals surface area (Å²) >= 11 is 0. The molecule has 30 heavy (non-hydrogen) atoms. The van der Waals surface area contributed by atoms with Gasteiger partial charge in [-0.05, 0) is 55.4 Å². The van der Waals surface area contributed by atoms with E-state index in [1.165, 1.54) is 11.9 Å². The quantitative estimate of drug-likeness (QED) is 0.481. The molecule has 2 aliphatic rings. The van der Waals surface area contributed by atoms with Gasteiger partial charge in [0.25, 0.3) is 0 Å². The number of anilines is 1. The Bertz CT molecular complexity index is 1240. The molecular weight excluding hydrogens is 380 g/mol. The van der Waals surface area contributed by atoms with Crippen LogP contribution in [0.1, 0.15) is 30.9 Å². The summed E-state index contributed by atoms with van der Waals surface area (Å²) in [7, 11) is 0. The van der Waals surface area contributed by atoms with Crippen molar-refractivity contribution in [3.05, 3.63) is 54.9 Å². The lowest BCUT2D eigenvalue weighted by Crippen LogP contribution is -2.46. The SMILES string of the molecule is Nc1ncnc2c1ccn2[C@@H]1CC2(CC(Cc3ccn4ccnc4c3)C2)[C@@H](O)[C@H]1O. The van der Waals surface area contributed by atoms with Crippen molar-refractivity contribution in [2.24, 2.45) is 11.3 Å². The molecule has 6 rings (SSSR count). The van der Waals surface area contributed by atoms with Crippen molar-refractivity contribution in [3.8, 4) is 0 Å². The molecule has 2 fully saturated rings. The maximum atomic E-state index is 10.9. The fourth-order valence-corrected chi connectivity index (χ4v) is 5.81. The van der Waals surface area contributed by atoms with E-state index in [0.29, 0.717) is 17.4 Å². The van der Waals surface area contributed by atoms with Crippen LogP contribution in [0, 0.1) is 11.3 Å². The standard InChI is InChI=1S/C22H24N6O2/c23-20-15-2-5-28(21(15)26-12-25-20)16-11-22(19(30)18(16)29)9-14(10-22)7-13-1-4-27-6-3-24-17(27)8-13/h1-6,8,12,14,16,18-19,29-30H,7,9-11H2,(H2,23,25,26)/t14?,16-,18+,19+,22?/m1/s1. The first-order valence-electron chi connectivity index (χ1n) is 10.4. The first-order valence-corrected chi connectivity index (χ1v) is 10.4. The Morgan fingerprint density at radius 1 is 1.07 bits per heavy atom. The number of nitrogens with two attached hydrogens (primary N) is 1. The molecule has 0 saturated heterocycles. The molecule has 8 heteroatoms. The number of hydrogen-bond acceptors (Lipinski definition) is 6. The van der Waals surface area contributed by atoms with Crippen LogP contribution in [0.25, 0.3) is 16.7 Å². The molecule has 2 aliphatic carbocycles. The minimum Gasteiger partial charge on any atom is -0.390 e. The molecular formula is C22H24N6O2. The lowest BCUT2D eigenvalue weighted by Gasteiger charge is -2.48. The molecule has 0 bridgehead atoms. The Balaban J connectivity index is 1.21. The summed E-state index contributed by atoms with van der Waals surface area (Å²) in [6.45, 7) is 0. The average molecular weight is 404 g/mol. The number of nitrogens with zero attached hydrogens (tertiary/aromatic N) is 5. The van der Waals surface area contributed by atoms with Crippen LogP contribution in [0.4, 0.5) is 5.82 Å². The van der Waals surface area contributed by atoms with Crippen LogP contribution < -0.4 is 5.73 Å². The lowest BCUT2D eigenvalue weighted by molar-refractivity contribution is -0.0841. The van der Waals surface area contributed by atoms with Crippen LogP contribution in [0.2, 0.25) is 0 Å². The number of nitrogen functional groups attached to an aromatic ring is 1. The summed E-state index contributed by atoms with van der Waals surface area (Å²) in [6, 6.07) is 5.93. The van der Waals surface area contributed by atoms with Crippen LogP contribution >= 0.6 is 0 Å². The average Bonchev–Trinajstić information content (AvgIpc) is 3.41. The highest BCUT2D eigenvalue weighted by Gasteiger charge is 2.59. The molecule has 4 heterocycles. The largest absolute Gasteiger partial charge is 0.390 e. The van der Waals surface area contributed by atoms with Crippen molar-refractivity contribution >= 4 is 22.5 Å².